The van der Waals surface area contributed by atoms with Crippen LogP contribution in [-0.4, -0.2) is 36.9 Å². The van der Waals surface area contributed by atoms with E-state index in [1.165, 1.54) is 26.2 Å². The highest BCUT2D eigenvalue weighted by Crippen LogP contribution is 2.33. The van der Waals surface area contributed by atoms with Crippen molar-refractivity contribution in [2.75, 3.05) is 13.7 Å². The third-order valence-electron chi connectivity index (χ3n) is 4.59. The molecule has 2 aromatic rings. The summed E-state index contributed by atoms with van der Waals surface area (Å²) < 4.78 is 20.6. The summed E-state index contributed by atoms with van der Waals surface area (Å²) in [7, 11) is 1.43. The number of phenols is 1. The second-order valence-corrected chi connectivity index (χ2v) is 7.18. The number of aromatic hydroxyl groups is 1. The van der Waals surface area contributed by atoms with Crippen LogP contribution in [0.25, 0.3) is 10.8 Å². The van der Waals surface area contributed by atoms with Gasteiger partial charge in [0.2, 0.25) is 6.10 Å². The van der Waals surface area contributed by atoms with E-state index in [0.29, 0.717) is 11.1 Å². The maximum Gasteiger partial charge on any atom is 0.348 e. The standard InChI is InChI=1S/C19H20O8/c1-9(16(21)27-15-18(23)25-8-19(15,2)3)13-6-10-5-11(24-4)7-12(20)14(10)17(22)26-13/h5-7,9,15,20H,8H2,1-4H3/t9-,15+/m1/s1. The van der Waals surface area contributed by atoms with Crippen molar-refractivity contribution in [3.8, 4) is 11.5 Å². The van der Waals surface area contributed by atoms with Crippen LogP contribution in [-0.2, 0) is 19.1 Å². The maximum absolute atomic E-state index is 12.5. The topological polar surface area (TPSA) is 112 Å². The molecule has 0 amide bonds. The number of esters is 2. The van der Waals surface area contributed by atoms with Crippen LogP contribution < -0.4 is 10.4 Å². The number of ether oxygens (including phenoxy) is 3. The lowest BCUT2D eigenvalue weighted by Crippen LogP contribution is -2.36. The normalized spacial score (nSPS) is 19.6. The van der Waals surface area contributed by atoms with Crippen LogP contribution in [0.1, 0.15) is 32.4 Å². The number of fused-ring (bicyclic) bond motifs is 1. The molecule has 2 heterocycles. The summed E-state index contributed by atoms with van der Waals surface area (Å²) in [5, 5.41) is 10.3. The second-order valence-electron chi connectivity index (χ2n) is 7.18. The quantitative estimate of drug-likeness (QED) is 0.808. The Balaban J connectivity index is 1.93. The van der Waals surface area contributed by atoms with Gasteiger partial charge in [0.05, 0.1) is 7.11 Å². The van der Waals surface area contributed by atoms with Crippen LogP contribution >= 0.6 is 0 Å². The summed E-state index contributed by atoms with van der Waals surface area (Å²) in [5.41, 5.74) is -1.43. The smallest absolute Gasteiger partial charge is 0.348 e. The molecular weight excluding hydrogens is 356 g/mol. The molecule has 1 aromatic carbocycles. The van der Waals surface area contributed by atoms with E-state index in [9.17, 15) is 19.5 Å². The molecule has 8 nitrogen and oxygen atoms in total. The number of carbonyl (C=O) groups excluding carboxylic acids is 2. The first-order chi connectivity index (χ1) is 12.6. The SMILES string of the molecule is COc1cc(O)c2c(=O)oc([C@@H](C)C(=O)O[C@H]3C(=O)OCC3(C)C)cc2c1. The van der Waals surface area contributed by atoms with Crippen molar-refractivity contribution >= 4 is 22.7 Å². The minimum absolute atomic E-state index is 0.0133. The second kappa shape index (κ2) is 6.61. The zero-order valence-electron chi connectivity index (χ0n) is 15.4. The van der Waals surface area contributed by atoms with E-state index in [1.807, 2.05) is 0 Å². The fourth-order valence-electron chi connectivity index (χ4n) is 2.90. The molecule has 3 rings (SSSR count). The van der Waals surface area contributed by atoms with Gasteiger partial charge < -0.3 is 23.7 Å². The predicted octanol–water partition coefficient (Wildman–Crippen LogP) is 2.11. The number of phenolic OH excluding ortho intramolecular Hbond substituents is 1. The maximum atomic E-state index is 12.5. The average molecular weight is 376 g/mol. The largest absolute Gasteiger partial charge is 0.507 e. The molecule has 1 fully saturated rings. The molecule has 1 aliphatic heterocycles. The Labute approximate surface area is 154 Å². The van der Waals surface area contributed by atoms with E-state index in [1.54, 1.807) is 19.9 Å². The Bertz CT molecular complexity index is 972. The van der Waals surface area contributed by atoms with Gasteiger partial charge in [-0.1, -0.05) is 13.8 Å². The first-order valence-corrected chi connectivity index (χ1v) is 8.36. The lowest BCUT2D eigenvalue weighted by atomic mass is 9.89. The Morgan fingerprint density at radius 2 is 2.00 bits per heavy atom. The van der Waals surface area contributed by atoms with E-state index in [-0.39, 0.29) is 23.5 Å². The fraction of sp³-hybridized carbons (Fsp3) is 0.421. The number of hydrogen-bond acceptors (Lipinski definition) is 8. The van der Waals surface area contributed by atoms with Crippen molar-refractivity contribution in [2.45, 2.75) is 32.8 Å². The molecule has 0 saturated carbocycles. The Morgan fingerprint density at radius 1 is 1.30 bits per heavy atom. The van der Waals surface area contributed by atoms with Gasteiger partial charge in [-0.2, -0.15) is 0 Å². The average Bonchev–Trinajstić information content (AvgIpc) is 2.86. The summed E-state index contributed by atoms with van der Waals surface area (Å²) in [5.74, 6) is -2.15. The molecule has 0 radical (unpaired) electrons. The predicted molar refractivity (Wildman–Crippen MR) is 93.7 cm³/mol. The third kappa shape index (κ3) is 3.34. The third-order valence-corrected chi connectivity index (χ3v) is 4.59. The van der Waals surface area contributed by atoms with E-state index in [4.69, 9.17) is 18.6 Å². The summed E-state index contributed by atoms with van der Waals surface area (Å²) in [4.78, 5) is 36.6. The van der Waals surface area contributed by atoms with Crippen molar-refractivity contribution in [3.63, 3.8) is 0 Å². The van der Waals surface area contributed by atoms with E-state index >= 15 is 0 Å². The molecule has 2 atom stereocenters. The van der Waals surface area contributed by atoms with Gasteiger partial charge in [0.25, 0.3) is 0 Å². The summed E-state index contributed by atoms with van der Waals surface area (Å²) >= 11 is 0. The van der Waals surface area contributed by atoms with Crippen LogP contribution in [0.15, 0.2) is 27.4 Å². The highest BCUT2D eigenvalue weighted by atomic mass is 16.6. The summed E-state index contributed by atoms with van der Waals surface area (Å²) in [6.07, 6.45) is -1.02. The minimum atomic E-state index is -1.02. The van der Waals surface area contributed by atoms with Gasteiger partial charge in [-0.3, -0.25) is 4.79 Å². The van der Waals surface area contributed by atoms with E-state index < -0.39 is 35.0 Å². The Kier molecular flexibility index (Phi) is 4.59. The number of hydrogen-bond donors (Lipinski definition) is 1. The van der Waals surface area contributed by atoms with Crippen molar-refractivity contribution in [1.82, 2.24) is 0 Å². The zero-order chi connectivity index (χ0) is 19.9. The number of rotatable bonds is 4. The lowest BCUT2D eigenvalue weighted by Gasteiger charge is -2.23. The Hall–Kier alpha value is -3.03. The van der Waals surface area contributed by atoms with Crippen molar-refractivity contribution in [2.24, 2.45) is 5.41 Å². The number of benzene rings is 1. The van der Waals surface area contributed by atoms with E-state index in [2.05, 4.69) is 0 Å². The lowest BCUT2D eigenvalue weighted by molar-refractivity contribution is -0.164. The molecule has 1 aromatic heterocycles. The molecule has 144 valence electrons. The van der Waals surface area contributed by atoms with Gasteiger partial charge in [-0.15, -0.1) is 0 Å². The van der Waals surface area contributed by atoms with Crippen molar-refractivity contribution in [3.05, 3.63) is 34.4 Å². The zero-order valence-corrected chi connectivity index (χ0v) is 15.4. The molecule has 0 spiro atoms. The molecule has 0 bridgehead atoms. The summed E-state index contributed by atoms with van der Waals surface area (Å²) in [6.45, 7) is 5.17. The van der Waals surface area contributed by atoms with Gasteiger partial charge in [-0.25, -0.2) is 9.59 Å². The minimum Gasteiger partial charge on any atom is -0.507 e. The van der Waals surface area contributed by atoms with Crippen LogP contribution in [0.2, 0.25) is 0 Å². The van der Waals surface area contributed by atoms with Gasteiger partial charge in [0.1, 0.15) is 35.2 Å². The molecule has 27 heavy (non-hydrogen) atoms. The molecule has 1 aliphatic rings. The first kappa shape index (κ1) is 18.8. The highest BCUT2D eigenvalue weighted by molar-refractivity contribution is 5.90. The number of methoxy groups -OCH3 is 1. The molecule has 0 unspecified atom stereocenters. The van der Waals surface area contributed by atoms with E-state index in [0.717, 1.165) is 0 Å². The Morgan fingerprint density at radius 3 is 2.59 bits per heavy atom. The highest BCUT2D eigenvalue weighted by Gasteiger charge is 2.47. The number of carbonyl (C=O) groups is 2. The van der Waals surface area contributed by atoms with Gasteiger partial charge in [-0.05, 0) is 24.4 Å². The molecular formula is C19H20O8. The van der Waals surface area contributed by atoms with Crippen LogP contribution in [0.5, 0.6) is 11.5 Å². The molecule has 1 saturated heterocycles. The van der Waals surface area contributed by atoms with Crippen molar-refractivity contribution < 1.29 is 33.3 Å². The number of cyclic esters (lactones) is 1. The molecule has 0 aliphatic carbocycles. The first-order valence-electron chi connectivity index (χ1n) is 8.36. The molecule has 1 N–H and O–H groups in total. The van der Waals surface area contributed by atoms with Gasteiger partial charge in [0, 0.05) is 11.5 Å². The summed E-state index contributed by atoms with van der Waals surface area (Å²) in [6, 6.07) is 4.30. The monoisotopic (exact) mass is 376 g/mol. The van der Waals surface area contributed by atoms with Crippen LogP contribution in [0.4, 0.5) is 0 Å². The molecule has 8 heteroatoms. The van der Waals surface area contributed by atoms with Crippen LogP contribution in [0, 0.1) is 5.41 Å². The van der Waals surface area contributed by atoms with Crippen LogP contribution in [0.3, 0.4) is 0 Å². The van der Waals surface area contributed by atoms with Crippen molar-refractivity contribution in [1.29, 1.82) is 0 Å². The fourth-order valence-corrected chi connectivity index (χ4v) is 2.90. The van der Waals surface area contributed by atoms with Gasteiger partial charge >= 0.3 is 17.6 Å². The van der Waals surface area contributed by atoms with Gasteiger partial charge in [0.15, 0.2) is 0 Å².